The van der Waals surface area contributed by atoms with Crippen molar-refractivity contribution in [1.82, 2.24) is 5.32 Å². The van der Waals surface area contributed by atoms with Gasteiger partial charge in [-0.05, 0) is 24.9 Å². The first-order valence-electron chi connectivity index (χ1n) is 6.24. The Kier molecular flexibility index (Phi) is 4.56. The molecule has 0 aliphatic rings. The lowest BCUT2D eigenvalue weighted by molar-refractivity contribution is 0.201. The van der Waals surface area contributed by atoms with Crippen LogP contribution in [0.2, 0.25) is 0 Å². The lowest BCUT2D eigenvalue weighted by Gasteiger charge is -2.20. The SMILES string of the molecule is CNC(C)OB(c1ccccc1)c1ccccc1. The van der Waals surface area contributed by atoms with E-state index in [0.29, 0.717) is 0 Å². The van der Waals surface area contributed by atoms with Gasteiger partial charge < -0.3 is 4.65 Å². The molecule has 0 aromatic heterocycles. The third kappa shape index (κ3) is 3.22. The lowest BCUT2D eigenvalue weighted by Crippen LogP contribution is -2.48. The molecule has 0 fully saturated rings. The van der Waals surface area contributed by atoms with Crippen molar-refractivity contribution < 1.29 is 4.65 Å². The Labute approximate surface area is 109 Å². The smallest absolute Gasteiger partial charge is 0.362 e. The zero-order valence-electron chi connectivity index (χ0n) is 10.8. The molecular weight excluding hydrogens is 221 g/mol. The van der Waals surface area contributed by atoms with Crippen LogP contribution in [-0.2, 0) is 4.65 Å². The first-order chi connectivity index (χ1) is 8.81. The summed E-state index contributed by atoms with van der Waals surface area (Å²) >= 11 is 0. The van der Waals surface area contributed by atoms with Crippen LogP contribution in [-0.4, -0.2) is 20.2 Å². The van der Waals surface area contributed by atoms with E-state index >= 15 is 0 Å². The standard InChI is InChI=1S/C15H18BNO/c1-13(17-2)18-16(14-9-5-3-6-10-14)15-11-7-4-8-12-15/h3-13,17H,1-2H3. The van der Waals surface area contributed by atoms with Crippen molar-refractivity contribution in [3.8, 4) is 0 Å². The molecular formula is C15H18BNO. The Morgan fingerprint density at radius 3 is 1.72 bits per heavy atom. The Bertz CT molecular complexity index is 421. The number of hydrogen-bond donors (Lipinski definition) is 1. The van der Waals surface area contributed by atoms with Gasteiger partial charge in [0.15, 0.2) is 0 Å². The van der Waals surface area contributed by atoms with E-state index in [1.54, 1.807) is 0 Å². The maximum absolute atomic E-state index is 6.06. The summed E-state index contributed by atoms with van der Waals surface area (Å²) in [5, 5.41) is 3.11. The van der Waals surface area contributed by atoms with Gasteiger partial charge in [-0.2, -0.15) is 0 Å². The predicted molar refractivity (Wildman–Crippen MR) is 77.5 cm³/mol. The molecule has 0 aliphatic carbocycles. The first kappa shape index (κ1) is 12.9. The molecule has 0 saturated carbocycles. The quantitative estimate of drug-likeness (QED) is 0.628. The molecule has 92 valence electrons. The summed E-state index contributed by atoms with van der Waals surface area (Å²) in [5.74, 6) is 0. The van der Waals surface area contributed by atoms with Crippen molar-refractivity contribution >= 4 is 17.8 Å². The van der Waals surface area contributed by atoms with E-state index < -0.39 is 0 Å². The van der Waals surface area contributed by atoms with Crippen molar-refractivity contribution in [2.24, 2.45) is 0 Å². The second-order valence-corrected chi connectivity index (χ2v) is 4.27. The number of rotatable bonds is 5. The molecule has 0 spiro atoms. The van der Waals surface area contributed by atoms with Gasteiger partial charge in [0.1, 0.15) is 0 Å². The fourth-order valence-electron chi connectivity index (χ4n) is 1.88. The highest BCUT2D eigenvalue weighted by Gasteiger charge is 2.22. The van der Waals surface area contributed by atoms with Crippen molar-refractivity contribution in [3.63, 3.8) is 0 Å². The minimum Gasteiger partial charge on any atom is -0.412 e. The topological polar surface area (TPSA) is 21.3 Å². The van der Waals surface area contributed by atoms with E-state index in [4.69, 9.17) is 4.65 Å². The van der Waals surface area contributed by atoms with Crippen LogP contribution >= 0.6 is 0 Å². The normalized spacial score (nSPS) is 12.1. The van der Waals surface area contributed by atoms with Gasteiger partial charge in [-0.15, -0.1) is 0 Å². The number of benzene rings is 2. The minimum atomic E-state index is -0.0325. The first-order valence-corrected chi connectivity index (χ1v) is 6.24. The third-order valence-electron chi connectivity index (χ3n) is 2.95. The van der Waals surface area contributed by atoms with Crippen LogP contribution in [0.25, 0.3) is 0 Å². The second kappa shape index (κ2) is 6.38. The molecule has 0 heterocycles. The summed E-state index contributed by atoms with van der Waals surface area (Å²) in [6.45, 7) is 1.98. The van der Waals surface area contributed by atoms with E-state index in [1.165, 1.54) is 10.9 Å². The molecule has 3 heteroatoms. The Hall–Kier alpha value is -1.58. The Morgan fingerprint density at radius 2 is 1.33 bits per heavy atom. The van der Waals surface area contributed by atoms with Crippen molar-refractivity contribution in [1.29, 1.82) is 0 Å². The van der Waals surface area contributed by atoms with Crippen molar-refractivity contribution in [2.45, 2.75) is 13.2 Å². The lowest BCUT2D eigenvalue weighted by atomic mass is 9.55. The summed E-state index contributed by atoms with van der Waals surface area (Å²) in [5.41, 5.74) is 2.34. The summed E-state index contributed by atoms with van der Waals surface area (Å²) in [6.07, 6.45) is 0.00964. The summed E-state index contributed by atoms with van der Waals surface area (Å²) in [7, 11) is 1.90. The molecule has 1 unspecified atom stereocenters. The van der Waals surface area contributed by atoms with Gasteiger partial charge in [0.2, 0.25) is 0 Å². The van der Waals surface area contributed by atoms with Crippen LogP contribution < -0.4 is 16.2 Å². The van der Waals surface area contributed by atoms with E-state index in [2.05, 4.69) is 29.6 Å². The largest absolute Gasteiger partial charge is 0.412 e. The highest BCUT2D eigenvalue weighted by Crippen LogP contribution is 1.97. The fraction of sp³-hybridized carbons (Fsp3) is 0.200. The van der Waals surface area contributed by atoms with Gasteiger partial charge in [0, 0.05) is 0 Å². The van der Waals surface area contributed by atoms with Gasteiger partial charge in [-0.25, -0.2) is 0 Å². The molecule has 0 radical (unpaired) electrons. The van der Waals surface area contributed by atoms with E-state index in [9.17, 15) is 0 Å². The minimum absolute atomic E-state index is 0.00964. The van der Waals surface area contributed by atoms with Crippen LogP contribution in [0, 0.1) is 0 Å². The van der Waals surface area contributed by atoms with Crippen LogP contribution in [0.1, 0.15) is 6.92 Å². The molecule has 2 nitrogen and oxygen atoms in total. The molecule has 0 aliphatic heterocycles. The summed E-state index contributed by atoms with van der Waals surface area (Å²) < 4.78 is 6.06. The van der Waals surface area contributed by atoms with Crippen LogP contribution in [0.3, 0.4) is 0 Å². The van der Waals surface area contributed by atoms with Gasteiger partial charge >= 0.3 is 6.92 Å². The number of hydrogen-bond acceptors (Lipinski definition) is 2. The summed E-state index contributed by atoms with van der Waals surface area (Å²) in [4.78, 5) is 0. The Balaban J connectivity index is 2.29. The van der Waals surface area contributed by atoms with E-state index in [-0.39, 0.29) is 13.1 Å². The maximum Gasteiger partial charge on any atom is 0.362 e. The van der Waals surface area contributed by atoms with Gasteiger partial charge in [-0.1, -0.05) is 60.7 Å². The highest BCUT2D eigenvalue weighted by molar-refractivity contribution is 6.80. The average molecular weight is 239 g/mol. The molecule has 0 amide bonds. The highest BCUT2D eigenvalue weighted by atomic mass is 16.5. The molecule has 2 aromatic carbocycles. The van der Waals surface area contributed by atoms with Gasteiger partial charge in [0.05, 0.1) is 6.23 Å². The Morgan fingerprint density at radius 1 is 0.889 bits per heavy atom. The summed E-state index contributed by atoms with van der Waals surface area (Å²) in [6, 6.07) is 20.6. The fourth-order valence-corrected chi connectivity index (χ4v) is 1.88. The monoisotopic (exact) mass is 239 g/mol. The molecule has 1 atom stereocenters. The molecule has 18 heavy (non-hydrogen) atoms. The number of nitrogens with one attached hydrogen (secondary N) is 1. The van der Waals surface area contributed by atoms with Crippen molar-refractivity contribution in [3.05, 3.63) is 60.7 Å². The third-order valence-corrected chi connectivity index (χ3v) is 2.95. The zero-order chi connectivity index (χ0) is 12.8. The van der Waals surface area contributed by atoms with Crippen molar-refractivity contribution in [2.75, 3.05) is 7.05 Å². The van der Waals surface area contributed by atoms with Gasteiger partial charge in [-0.3, -0.25) is 5.32 Å². The van der Waals surface area contributed by atoms with Crippen LogP contribution in [0.5, 0.6) is 0 Å². The van der Waals surface area contributed by atoms with E-state index in [0.717, 1.165) is 0 Å². The molecule has 0 saturated heterocycles. The molecule has 2 aromatic rings. The molecule has 0 bridgehead atoms. The predicted octanol–water partition coefficient (Wildman–Crippen LogP) is 1.37. The van der Waals surface area contributed by atoms with Gasteiger partial charge in [0.25, 0.3) is 0 Å². The zero-order valence-corrected chi connectivity index (χ0v) is 10.8. The van der Waals surface area contributed by atoms with Crippen LogP contribution in [0.4, 0.5) is 0 Å². The second-order valence-electron chi connectivity index (χ2n) is 4.27. The molecule has 1 N–H and O–H groups in total. The van der Waals surface area contributed by atoms with Crippen LogP contribution in [0.15, 0.2) is 60.7 Å². The van der Waals surface area contributed by atoms with E-state index in [1.807, 2.05) is 50.4 Å². The molecule has 2 rings (SSSR count). The average Bonchev–Trinajstić information content (AvgIpc) is 2.46. The maximum atomic E-state index is 6.06.